The maximum absolute atomic E-state index is 12.6. The van der Waals surface area contributed by atoms with Crippen molar-refractivity contribution in [3.05, 3.63) is 52.6 Å². The molecule has 1 aromatic rings. The highest BCUT2D eigenvalue weighted by molar-refractivity contribution is 7.86. The summed E-state index contributed by atoms with van der Waals surface area (Å²) >= 11 is 0. The van der Waals surface area contributed by atoms with Crippen LogP contribution in [0.1, 0.15) is 12.0 Å². The molecule has 1 saturated heterocycles. The standard InChI is InChI=1S/C19H24N2O10S/c1-3-8-29-18(22)13-28-12-16-9-17(31-32(2,26)27)10-20(16)19(23)30-11-14-4-6-15(7-5-14)21(24)25/h3-7,16-17H,1,8-13H2,2H3/t16-,17+/m0/s1. The van der Waals surface area contributed by atoms with Gasteiger partial charge in [-0.3, -0.25) is 14.3 Å². The lowest BCUT2D eigenvalue weighted by Gasteiger charge is -2.23. The van der Waals surface area contributed by atoms with E-state index < -0.39 is 39.2 Å². The van der Waals surface area contributed by atoms with Gasteiger partial charge in [0.1, 0.15) is 19.8 Å². The molecule has 0 bridgehead atoms. The molecule has 1 aliphatic rings. The first-order chi connectivity index (χ1) is 15.1. The van der Waals surface area contributed by atoms with Gasteiger partial charge >= 0.3 is 12.1 Å². The fourth-order valence-corrected chi connectivity index (χ4v) is 3.62. The number of rotatable bonds is 11. The number of carbonyl (C=O) groups is 2. The van der Waals surface area contributed by atoms with E-state index in [9.17, 15) is 28.1 Å². The quantitative estimate of drug-likeness (QED) is 0.152. The molecule has 0 N–H and O–H groups in total. The molecule has 0 saturated carbocycles. The number of likely N-dealkylation sites (tertiary alicyclic amines) is 1. The largest absolute Gasteiger partial charge is 0.460 e. The summed E-state index contributed by atoms with van der Waals surface area (Å²) in [6.07, 6.45) is 0.930. The summed E-state index contributed by atoms with van der Waals surface area (Å²) in [5.41, 5.74) is 0.439. The van der Waals surface area contributed by atoms with Gasteiger partial charge in [-0.05, 0) is 24.1 Å². The smallest absolute Gasteiger partial charge is 0.410 e. The Kier molecular flexibility index (Phi) is 9.11. The zero-order valence-electron chi connectivity index (χ0n) is 17.4. The molecule has 12 nitrogen and oxygen atoms in total. The van der Waals surface area contributed by atoms with Crippen molar-refractivity contribution in [3.63, 3.8) is 0 Å². The van der Waals surface area contributed by atoms with Crippen LogP contribution in [0, 0.1) is 10.1 Å². The highest BCUT2D eigenvalue weighted by atomic mass is 32.2. The molecular formula is C19H24N2O10S. The molecule has 1 heterocycles. The maximum atomic E-state index is 12.6. The van der Waals surface area contributed by atoms with Crippen LogP contribution in [-0.2, 0) is 39.9 Å². The van der Waals surface area contributed by atoms with E-state index >= 15 is 0 Å². The molecule has 1 amide bonds. The molecule has 1 fully saturated rings. The van der Waals surface area contributed by atoms with E-state index in [1.54, 1.807) is 0 Å². The Hall–Kier alpha value is -3.03. The first-order valence-electron chi connectivity index (χ1n) is 9.48. The van der Waals surface area contributed by atoms with Crippen molar-refractivity contribution in [1.29, 1.82) is 0 Å². The second kappa shape index (κ2) is 11.5. The van der Waals surface area contributed by atoms with Crippen LogP contribution in [0.5, 0.6) is 0 Å². The highest BCUT2D eigenvalue weighted by Crippen LogP contribution is 2.23. The number of non-ortho nitro benzene ring substituents is 1. The normalized spacial score (nSPS) is 18.2. The van der Waals surface area contributed by atoms with E-state index in [0.717, 1.165) is 6.26 Å². The summed E-state index contributed by atoms with van der Waals surface area (Å²) in [5.74, 6) is -0.612. The molecule has 176 valence electrons. The van der Waals surface area contributed by atoms with Crippen LogP contribution in [0.4, 0.5) is 10.5 Å². The van der Waals surface area contributed by atoms with Gasteiger partial charge in [0.25, 0.3) is 15.8 Å². The Morgan fingerprint density at radius 1 is 1.28 bits per heavy atom. The summed E-state index contributed by atoms with van der Waals surface area (Å²) < 4.78 is 43.3. The average Bonchev–Trinajstić information content (AvgIpc) is 3.11. The Balaban J connectivity index is 1.96. The number of ether oxygens (including phenoxy) is 3. The molecule has 0 radical (unpaired) electrons. The zero-order chi connectivity index (χ0) is 23.7. The third-order valence-corrected chi connectivity index (χ3v) is 4.94. The Bertz CT molecular complexity index is 932. The SMILES string of the molecule is C=CCOC(=O)COC[C@@H]1C[C@@H](OS(C)(=O)=O)CN1C(=O)OCc1ccc([N+](=O)[O-])cc1. The van der Waals surface area contributed by atoms with Gasteiger partial charge in [-0.15, -0.1) is 0 Å². The predicted molar refractivity (Wildman–Crippen MR) is 110 cm³/mol. The van der Waals surface area contributed by atoms with E-state index in [-0.39, 0.29) is 45.1 Å². The maximum Gasteiger partial charge on any atom is 0.410 e. The van der Waals surface area contributed by atoms with Gasteiger partial charge in [0.05, 0.1) is 36.5 Å². The predicted octanol–water partition coefficient (Wildman–Crippen LogP) is 1.40. The minimum atomic E-state index is -3.75. The number of amides is 1. The number of hydrogen-bond acceptors (Lipinski definition) is 10. The monoisotopic (exact) mass is 472 g/mol. The molecular weight excluding hydrogens is 448 g/mol. The third kappa shape index (κ3) is 8.24. The summed E-state index contributed by atoms with van der Waals surface area (Å²) in [7, 11) is -3.75. The molecule has 0 unspecified atom stereocenters. The fourth-order valence-electron chi connectivity index (χ4n) is 2.99. The van der Waals surface area contributed by atoms with Crippen LogP contribution in [0.25, 0.3) is 0 Å². The molecule has 0 spiro atoms. The van der Waals surface area contributed by atoms with Crippen molar-refractivity contribution in [2.75, 3.05) is 32.6 Å². The summed E-state index contributed by atoms with van der Waals surface area (Å²) in [4.78, 5) is 35.5. The first kappa shape index (κ1) is 25.2. The molecule has 0 aromatic heterocycles. The van der Waals surface area contributed by atoms with Crippen molar-refractivity contribution in [2.45, 2.75) is 25.2 Å². The molecule has 2 rings (SSSR count). The Morgan fingerprint density at radius 3 is 2.56 bits per heavy atom. The van der Waals surface area contributed by atoms with Crippen LogP contribution < -0.4 is 0 Å². The van der Waals surface area contributed by atoms with Crippen molar-refractivity contribution < 1.29 is 41.3 Å². The zero-order valence-corrected chi connectivity index (χ0v) is 18.2. The van der Waals surface area contributed by atoms with Gasteiger partial charge in [0.15, 0.2) is 0 Å². The van der Waals surface area contributed by atoms with Crippen LogP contribution in [0.3, 0.4) is 0 Å². The van der Waals surface area contributed by atoms with E-state index in [4.69, 9.17) is 18.4 Å². The van der Waals surface area contributed by atoms with Gasteiger partial charge in [-0.2, -0.15) is 8.42 Å². The van der Waals surface area contributed by atoms with Crippen molar-refractivity contribution in [1.82, 2.24) is 4.90 Å². The molecule has 1 aromatic carbocycles. The summed E-state index contributed by atoms with van der Waals surface area (Å²) in [6.45, 7) is 2.84. The van der Waals surface area contributed by atoms with Crippen LogP contribution in [-0.4, -0.2) is 75.1 Å². The van der Waals surface area contributed by atoms with Crippen LogP contribution >= 0.6 is 0 Å². The molecule has 0 aliphatic carbocycles. The third-order valence-electron chi connectivity index (χ3n) is 4.32. The Morgan fingerprint density at radius 2 is 1.97 bits per heavy atom. The number of carbonyl (C=O) groups excluding carboxylic acids is 2. The molecule has 1 aliphatic heterocycles. The first-order valence-corrected chi connectivity index (χ1v) is 11.3. The van der Waals surface area contributed by atoms with Gasteiger partial charge in [0.2, 0.25) is 0 Å². The fraction of sp³-hybridized carbons (Fsp3) is 0.474. The van der Waals surface area contributed by atoms with Crippen LogP contribution in [0.2, 0.25) is 0 Å². The second-order valence-electron chi connectivity index (χ2n) is 6.93. The number of nitro benzene ring substituents is 1. The lowest BCUT2D eigenvalue weighted by Crippen LogP contribution is -2.39. The average molecular weight is 472 g/mol. The van der Waals surface area contributed by atoms with Crippen molar-refractivity contribution in [2.24, 2.45) is 0 Å². The van der Waals surface area contributed by atoms with E-state index in [1.807, 2.05) is 0 Å². The van der Waals surface area contributed by atoms with Gasteiger partial charge < -0.3 is 19.1 Å². The second-order valence-corrected chi connectivity index (χ2v) is 8.53. The van der Waals surface area contributed by atoms with Crippen LogP contribution in [0.15, 0.2) is 36.9 Å². The lowest BCUT2D eigenvalue weighted by atomic mass is 10.2. The number of esters is 1. The Labute approximate surface area is 185 Å². The van der Waals surface area contributed by atoms with Gasteiger partial charge in [-0.25, -0.2) is 9.59 Å². The number of benzene rings is 1. The highest BCUT2D eigenvalue weighted by Gasteiger charge is 2.38. The van der Waals surface area contributed by atoms with E-state index in [2.05, 4.69) is 6.58 Å². The lowest BCUT2D eigenvalue weighted by molar-refractivity contribution is -0.384. The summed E-state index contributed by atoms with van der Waals surface area (Å²) in [6, 6.07) is 4.90. The molecule has 2 atom stereocenters. The number of nitro groups is 1. The molecule has 13 heteroatoms. The minimum Gasteiger partial charge on any atom is -0.460 e. The number of nitrogens with zero attached hydrogens (tertiary/aromatic N) is 2. The van der Waals surface area contributed by atoms with Gasteiger partial charge in [-0.1, -0.05) is 12.7 Å². The van der Waals surface area contributed by atoms with E-state index in [1.165, 1.54) is 35.2 Å². The van der Waals surface area contributed by atoms with E-state index in [0.29, 0.717) is 5.56 Å². The number of hydrogen-bond donors (Lipinski definition) is 0. The topological polar surface area (TPSA) is 152 Å². The van der Waals surface area contributed by atoms with Crippen molar-refractivity contribution >= 4 is 27.9 Å². The minimum absolute atomic E-state index is 0.0387. The van der Waals surface area contributed by atoms with Crippen molar-refractivity contribution in [3.8, 4) is 0 Å². The molecule has 32 heavy (non-hydrogen) atoms. The van der Waals surface area contributed by atoms with Gasteiger partial charge in [0, 0.05) is 12.1 Å². The summed E-state index contributed by atoms with van der Waals surface area (Å²) in [5, 5.41) is 10.7.